The summed E-state index contributed by atoms with van der Waals surface area (Å²) in [6.07, 6.45) is 4.02. The fourth-order valence-electron chi connectivity index (χ4n) is 3.28. The number of unbranched alkanes of at least 4 members (excludes halogenated alkanes) is 1. The zero-order chi connectivity index (χ0) is 21.6. The van der Waals surface area contributed by atoms with E-state index in [0.29, 0.717) is 12.1 Å². The van der Waals surface area contributed by atoms with Gasteiger partial charge in [0.1, 0.15) is 0 Å². The predicted octanol–water partition coefficient (Wildman–Crippen LogP) is 3.45. The van der Waals surface area contributed by atoms with E-state index in [-0.39, 0.29) is 17.9 Å². The molecule has 0 aliphatic rings. The van der Waals surface area contributed by atoms with Gasteiger partial charge in [-0.05, 0) is 50.0 Å². The molecule has 2 amide bonds. The number of hydrazone groups is 1. The van der Waals surface area contributed by atoms with Crippen LogP contribution < -0.4 is 10.7 Å². The number of carbonyl (C=O) groups is 2. The summed E-state index contributed by atoms with van der Waals surface area (Å²) in [5.41, 5.74) is 4.28. The zero-order valence-electron chi connectivity index (χ0n) is 17.9. The molecule has 6 nitrogen and oxygen atoms in total. The molecule has 2 N–H and O–H groups in total. The van der Waals surface area contributed by atoms with E-state index in [0.717, 1.165) is 37.9 Å². The van der Waals surface area contributed by atoms with Crippen molar-refractivity contribution in [1.29, 1.82) is 0 Å². The number of nitrogens with one attached hydrogen (secondary N) is 2. The molecule has 0 aliphatic heterocycles. The third-order valence-corrected chi connectivity index (χ3v) is 4.97. The lowest BCUT2D eigenvalue weighted by atomic mass is 10.1. The summed E-state index contributed by atoms with van der Waals surface area (Å²) in [4.78, 5) is 26.9. The van der Waals surface area contributed by atoms with Crippen molar-refractivity contribution in [2.75, 3.05) is 19.6 Å². The van der Waals surface area contributed by atoms with Crippen molar-refractivity contribution < 1.29 is 9.59 Å². The molecule has 0 saturated heterocycles. The second kappa shape index (κ2) is 13.3. The number of benzene rings is 2. The maximum atomic E-state index is 12.7. The third-order valence-electron chi connectivity index (χ3n) is 4.97. The van der Waals surface area contributed by atoms with Gasteiger partial charge in [-0.2, -0.15) is 5.10 Å². The first kappa shape index (κ1) is 23.3. The molecule has 6 heteroatoms. The van der Waals surface area contributed by atoms with Crippen molar-refractivity contribution in [2.24, 2.45) is 5.10 Å². The molecule has 2 aromatic carbocycles. The minimum Gasteiger partial charge on any atom is -0.352 e. The van der Waals surface area contributed by atoms with Crippen molar-refractivity contribution in [3.05, 3.63) is 71.8 Å². The van der Waals surface area contributed by atoms with Gasteiger partial charge in [0.05, 0.1) is 12.3 Å². The Morgan fingerprint density at radius 2 is 1.60 bits per heavy atom. The molecule has 0 heterocycles. The molecule has 0 spiro atoms. The van der Waals surface area contributed by atoms with Crippen molar-refractivity contribution in [3.63, 3.8) is 0 Å². The Hall–Kier alpha value is -2.99. The molecule has 160 valence electrons. The fourth-order valence-corrected chi connectivity index (χ4v) is 3.28. The maximum absolute atomic E-state index is 12.7. The first-order valence-corrected chi connectivity index (χ1v) is 10.6. The smallest absolute Gasteiger partial charge is 0.257 e. The van der Waals surface area contributed by atoms with Gasteiger partial charge >= 0.3 is 0 Å². The van der Waals surface area contributed by atoms with Crippen molar-refractivity contribution in [3.8, 4) is 0 Å². The first-order chi connectivity index (χ1) is 14.7. The molecule has 0 aliphatic carbocycles. The second-order valence-corrected chi connectivity index (χ2v) is 7.00. The lowest BCUT2D eigenvalue weighted by molar-refractivity contribution is -0.126. The minimum absolute atomic E-state index is 0.0658. The van der Waals surface area contributed by atoms with Crippen LogP contribution in [0.2, 0.25) is 0 Å². The van der Waals surface area contributed by atoms with Crippen LogP contribution in [0, 0.1) is 0 Å². The summed E-state index contributed by atoms with van der Waals surface area (Å²) in [6, 6.07) is 18.6. The largest absolute Gasteiger partial charge is 0.352 e. The molecule has 0 fully saturated rings. The van der Waals surface area contributed by atoms with Crippen LogP contribution in [0.3, 0.4) is 0 Å². The quantitative estimate of drug-likeness (QED) is 0.321. The molecule has 2 rings (SSSR count). The molecule has 1 unspecified atom stereocenters. The van der Waals surface area contributed by atoms with Gasteiger partial charge in [-0.3, -0.25) is 14.5 Å². The van der Waals surface area contributed by atoms with Crippen LogP contribution in [0.5, 0.6) is 0 Å². The zero-order valence-corrected chi connectivity index (χ0v) is 17.9. The number of rotatable bonds is 12. The number of likely N-dealkylation sites (N-methyl/N-ethyl adjacent to an activating group) is 1. The highest BCUT2D eigenvalue weighted by Gasteiger charge is 2.23. The van der Waals surface area contributed by atoms with E-state index in [9.17, 15) is 9.59 Å². The topological polar surface area (TPSA) is 73.8 Å². The van der Waals surface area contributed by atoms with Gasteiger partial charge in [0.2, 0.25) is 0 Å². The lowest BCUT2D eigenvalue weighted by Gasteiger charge is -2.28. The van der Waals surface area contributed by atoms with E-state index in [1.807, 2.05) is 48.5 Å². The molecule has 0 radical (unpaired) electrons. The van der Waals surface area contributed by atoms with Gasteiger partial charge in [0.15, 0.2) is 0 Å². The van der Waals surface area contributed by atoms with Crippen molar-refractivity contribution >= 4 is 18.0 Å². The van der Waals surface area contributed by atoms with Gasteiger partial charge < -0.3 is 5.32 Å². The van der Waals surface area contributed by atoms with Crippen molar-refractivity contribution in [1.82, 2.24) is 15.6 Å². The van der Waals surface area contributed by atoms with Gasteiger partial charge in [0, 0.05) is 12.1 Å². The van der Waals surface area contributed by atoms with Crippen LogP contribution in [0.25, 0.3) is 0 Å². The SMILES string of the molecule is CCN(CC)C(CCCCNC(=O)c1ccccc1)C(=O)N/N=C/c1ccccc1. The molecule has 2 aromatic rings. The fraction of sp³-hybridized carbons (Fsp3) is 0.375. The average molecular weight is 409 g/mol. The average Bonchev–Trinajstić information content (AvgIpc) is 2.79. The summed E-state index contributed by atoms with van der Waals surface area (Å²) < 4.78 is 0. The lowest BCUT2D eigenvalue weighted by Crippen LogP contribution is -2.45. The van der Waals surface area contributed by atoms with Crippen LogP contribution >= 0.6 is 0 Å². The standard InChI is InChI=1S/C24H32N4O2/c1-3-28(4-2)22(24(30)27-26-19-20-13-7-5-8-14-20)17-11-12-18-25-23(29)21-15-9-6-10-16-21/h5-10,13-16,19,22H,3-4,11-12,17-18H2,1-2H3,(H,25,29)(H,27,30)/b26-19+. The Labute approximate surface area is 179 Å². The van der Waals surface area contributed by atoms with Crippen LogP contribution in [0.4, 0.5) is 0 Å². The number of carbonyl (C=O) groups excluding carboxylic acids is 2. The van der Waals surface area contributed by atoms with Gasteiger partial charge in [-0.1, -0.05) is 62.4 Å². The van der Waals surface area contributed by atoms with Crippen LogP contribution in [0.1, 0.15) is 49.0 Å². The highest BCUT2D eigenvalue weighted by Crippen LogP contribution is 2.10. The van der Waals surface area contributed by atoms with E-state index >= 15 is 0 Å². The summed E-state index contributed by atoms with van der Waals surface area (Å²) in [5.74, 6) is -0.164. The molecule has 0 bridgehead atoms. The molecule has 0 aromatic heterocycles. The number of amides is 2. The minimum atomic E-state index is -0.238. The Bertz CT molecular complexity index is 789. The van der Waals surface area contributed by atoms with Gasteiger partial charge in [-0.25, -0.2) is 5.43 Å². The predicted molar refractivity (Wildman–Crippen MR) is 122 cm³/mol. The first-order valence-electron chi connectivity index (χ1n) is 10.6. The molecule has 30 heavy (non-hydrogen) atoms. The summed E-state index contributed by atoms with van der Waals surface area (Å²) in [7, 11) is 0. The number of hydrogen-bond acceptors (Lipinski definition) is 4. The second-order valence-electron chi connectivity index (χ2n) is 7.00. The Kier molecular flexibility index (Phi) is 10.3. The Morgan fingerprint density at radius 3 is 2.23 bits per heavy atom. The Morgan fingerprint density at radius 1 is 0.967 bits per heavy atom. The van der Waals surface area contributed by atoms with Gasteiger partial charge in [-0.15, -0.1) is 0 Å². The summed E-state index contributed by atoms with van der Waals surface area (Å²) in [5, 5.41) is 7.04. The van der Waals surface area contributed by atoms with Crippen molar-refractivity contribution in [2.45, 2.75) is 39.2 Å². The highest BCUT2D eigenvalue weighted by atomic mass is 16.2. The summed E-state index contributed by atoms with van der Waals surface area (Å²) >= 11 is 0. The van der Waals surface area contributed by atoms with E-state index in [1.54, 1.807) is 18.3 Å². The Balaban J connectivity index is 1.80. The van der Waals surface area contributed by atoms with Crippen LogP contribution in [0.15, 0.2) is 65.8 Å². The van der Waals surface area contributed by atoms with Crippen LogP contribution in [-0.2, 0) is 4.79 Å². The normalized spacial score (nSPS) is 12.1. The van der Waals surface area contributed by atoms with E-state index in [2.05, 4.69) is 34.6 Å². The maximum Gasteiger partial charge on any atom is 0.257 e. The van der Waals surface area contributed by atoms with Gasteiger partial charge in [0.25, 0.3) is 11.8 Å². The molecular formula is C24H32N4O2. The number of nitrogens with zero attached hydrogens (tertiary/aromatic N) is 2. The monoisotopic (exact) mass is 408 g/mol. The summed E-state index contributed by atoms with van der Waals surface area (Å²) in [6.45, 7) is 6.28. The number of hydrogen-bond donors (Lipinski definition) is 2. The molecule has 0 saturated carbocycles. The van der Waals surface area contributed by atoms with Crippen LogP contribution in [-0.4, -0.2) is 48.6 Å². The van der Waals surface area contributed by atoms with E-state index < -0.39 is 0 Å². The molecule has 1 atom stereocenters. The van der Waals surface area contributed by atoms with E-state index in [4.69, 9.17) is 0 Å². The highest BCUT2D eigenvalue weighted by molar-refractivity contribution is 5.94. The van der Waals surface area contributed by atoms with E-state index in [1.165, 1.54) is 0 Å². The molecular weight excluding hydrogens is 376 g/mol. The third kappa shape index (κ3) is 7.79.